The Balaban J connectivity index is 1.95. The maximum atomic E-state index is 12.4. The highest BCUT2D eigenvalue weighted by Gasteiger charge is 2.19. The summed E-state index contributed by atoms with van der Waals surface area (Å²) in [7, 11) is 1.53. The fourth-order valence-corrected chi connectivity index (χ4v) is 2.37. The van der Waals surface area contributed by atoms with Crippen LogP contribution >= 0.6 is 12.2 Å². The second-order valence-corrected chi connectivity index (χ2v) is 5.88. The zero-order valence-electron chi connectivity index (χ0n) is 15.3. The lowest BCUT2D eigenvalue weighted by atomic mass is 10.2. The second kappa shape index (κ2) is 10.7. The predicted molar refractivity (Wildman–Crippen MR) is 108 cm³/mol. The van der Waals surface area contributed by atoms with E-state index in [4.69, 9.17) is 21.7 Å². The topological polar surface area (TPSA) is 132 Å². The third-order valence-electron chi connectivity index (χ3n) is 3.54. The minimum Gasteiger partial charge on any atom is -0.490 e. The minimum absolute atomic E-state index is 0.156. The van der Waals surface area contributed by atoms with Crippen molar-refractivity contribution in [2.45, 2.75) is 0 Å². The summed E-state index contributed by atoms with van der Waals surface area (Å²) in [5.74, 6) is -0.999. The van der Waals surface area contributed by atoms with E-state index < -0.39 is 16.7 Å². The zero-order chi connectivity index (χ0) is 21.2. The van der Waals surface area contributed by atoms with Gasteiger partial charge in [0.15, 0.2) is 5.11 Å². The monoisotopic (exact) mass is 418 g/mol. The molecule has 0 aliphatic heterocycles. The lowest BCUT2D eigenvalue weighted by Crippen LogP contribution is -2.48. The Kier molecular flexibility index (Phi) is 8.00. The Morgan fingerprint density at radius 1 is 1.00 bits per heavy atom. The predicted octanol–water partition coefficient (Wildman–Crippen LogP) is 1.57. The van der Waals surface area contributed by atoms with Crippen LogP contribution < -0.4 is 20.9 Å². The Hall–Kier alpha value is -3.57. The third kappa shape index (κ3) is 6.23. The largest absolute Gasteiger partial charge is 0.490 e. The van der Waals surface area contributed by atoms with E-state index in [2.05, 4.69) is 16.2 Å². The summed E-state index contributed by atoms with van der Waals surface area (Å²) >= 11 is 4.98. The molecule has 2 aromatic rings. The number of hydrazine groups is 1. The number of ether oxygens (including phenoxy) is 2. The normalized spacial score (nSPS) is 9.97. The van der Waals surface area contributed by atoms with E-state index in [1.165, 1.54) is 31.4 Å². The number of nitro groups is 1. The van der Waals surface area contributed by atoms with Crippen molar-refractivity contribution in [3.63, 3.8) is 0 Å². The molecule has 0 radical (unpaired) electrons. The number of para-hydroxylation sites is 2. The molecule has 0 bridgehead atoms. The van der Waals surface area contributed by atoms with Crippen molar-refractivity contribution in [3.05, 3.63) is 69.8 Å². The van der Waals surface area contributed by atoms with Crippen LogP contribution in [0.3, 0.4) is 0 Å². The molecule has 0 fully saturated rings. The van der Waals surface area contributed by atoms with Gasteiger partial charge in [-0.1, -0.05) is 24.3 Å². The summed E-state index contributed by atoms with van der Waals surface area (Å²) < 4.78 is 10.4. The van der Waals surface area contributed by atoms with Crippen LogP contribution in [0.1, 0.15) is 20.7 Å². The molecule has 0 aliphatic rings. The quantitative estimate of drug-likeness (QED) is 0.267. The van der Waals surface area contributed by atoms with Crippen molar-refractivity contribution in [3.8, 4) is 5.75 Å². The SMILES string of the molecule is COCCOc1ccccc1C(=O)NC(=S)NNC(=O)c1ccccc1[N+](=O)[O-]. The second-order valence-electron chi connectivity index (χ2n) is 5.47. The number of carbonyl (C=O) groups excluding carboxylic acids is 2. The van der Waals surface area contributed by atoms with Gasteiger partial charge in [-0.15, -0.1) is 0 Å². The Morgan fingerprint density at radius 2 is 1.66 bits per heavy atom. The molecule has 0 atom stereocenters. The molecule has 2 rings (SSSR count). The summed E-state index contributed by atoms with van der Waals surface area (Å²) in [6, 6.07) is 12.0. The van der Waals surface area contributed by atoms with Gasteiger partial charge in [-0.25, -0.2) is 0 Å². The van der Waals surface area contributed by atoms with Gasteiger partial charge in [0.25, 0.3) is 17.5 Å². The highest BCUT2D eigenvalue weighted by atomic mass is 32.1. The highest BCUT2D eigenvalue weighted by molar-refractivity contribution is 7.80. The molecule has 0 aliphatic carbocycles. The maximum absolute atomic E-state index is 12.4. The standard InChI is InChI=1S/C18H18N4O6S/c1-27-10-11-28-15-9-5-3-7-13(15)16(23)19-18(29)21-20-17(24)12-6-2-4-8-14(12)22(25)26/h2-9H,10-11H2,1H3,(H,20,24)(H2,19,21,23,29). The lowest BCUT2D eigenvalue weighted by molar-refractivity contribution is -0.385. The van der Waals surface area contributed by atoms with Crippen LogP contribution in [-0.2, 0) is 4.74 Å². The molecule has 2 aromatic carbocycles. The minimum atomic E-state index is -0.780. The first-order valence-corrected chi connectivity index (χ1v) is 8.70. The van der Waals surface area contributed by atoms with E-state index in [9.17, 15) is 19.7 Å². The third-order valence-corrected chi connectivity index (χ3v) is 3.74. The van der Waals surface area contributed by atoms with Gasteiger partial charge >= 0.3 is 0 Å². The first-order valence-electron chi connectivity index (χ1n) is 8.30. The van der Waals surface area contributed by atoms with Crippen LogP contribution in [-0.4, -0.2) is 42.2 Å². The van der Waals surface area contributed by atoms with E-state index in [0.717, 1.165) is 0 Å². The summed E-state index contributed by atoms with van der Waals surface area (Å²) in [4.78, 5) is 34.9. The van der Waals surface area contributed by atoms with Crippen molar-refractivity contribution < 1.29 is 24.0 Å². The number of benzene rings is 2. The summed E-state index contributed by atoms with van der Waals surface area (Å²) in [6.07, 6.45) is 0. The molecule has 0 unspecified atom stereocenters. The number of amides is 2. The first kappa shape index (κ1) is 21.7. The molecule has 152 valence electrons. The molecule has 3 N–H and O–H groups in total. The highest BCUT2D eigenvalue weighted by Crippen LogP contribution is 2.18. The number of rotatable bonds is 7. The molecule has 29 heavy (non-hydrogen) atoms. The van der Waals surface area contributed by atoms with Crippen LogP contribution in [0.4, 0.5) is 5.69 Å². The fraction of sp³-hybridized carbons (Fsp3) is 0.167. The van der Waals surface area contributed by atoms with Crippen LogP contribution in [0.25, 0.3) is 0 Å². The molecule has 0 aromatic heterocycles. The van der Waals surface area contributed by atoms with Crippen molar-refractivity contribution in [2.24, 2.45) is 0 Å². The van der Waals surface area contributed by atoms with Crippen LogP contribution in [0.15, 0.2) is 48.5 Å². The molecule has 11 heteroatoms. The summed E-state index contributed by atoms with van der Waals surface area (Å²) in [5.41, 5.74) is 4.27. The van der Waals surface area contributed by atoms with Gasteiger partial charge in [0.05, 0.1) is 17.1 Å². The number of hydrogen-bond acceptors (Lipinski definition) is 7. The van der Waals surface area contributed by atoms with Gasteiger partial charge < -0.3 is 9.47 Å². The summed E-state index contributed by atoms with van der Waals surface area (Å²) in [5, 5.41) is 13.2. The van der Waals surface area contributed by atoms with E-state index in [-0.39, 0.29) is 28.5 Å². The molecule has 2 amide bonds. The van der Waals surface area contributed by atoms with Crippen molar-refractivity contribution >= 4 is 34.8 Å². The molecule has 0 spiro atoms. The smallest absolute Gasteiger partial charge is 0.282 e. The Bertz CT molecular complexity index is 921. The average molecular weight is 418 g/mol. The molecule has 10 nitrogen and oxygen atoms in total. The van der Waals surface area contributed by atoms with Gasteiger partial charge in [-0.05, 0) is 30.4 Å². The van der Waals surface area contributed by atoms with Gasteiger partial charge in [0.2, 0.25) is 0 Å². The molecule has 0 saturated heterocycles. The van der Waals surface area contributed by atoms with Crippen LogP contribution in [0.5, 0.6) is 5.75 Å². The van der Waals surface area contributed by atoms with Gasteiger partial charge in [0.1, 0.15) is 17.9 Å². The van der Waals surface area contributed by atoms with Crippen molar-refractivity contribution in [2.75, 3.05) is 20.3 Å². The number of hydrogen-bond donors (Lipinski definition) is 3. The van der Waals surface area contributed by atoms with E-state index in [0.29, 0.717) is 12.4 Å². The number of methoxy groups -OCH3 is 1. The zero-order valence-corrected chi connectivity index (χ0v) is 16.2. The number of carbonyl (C=O) groups is 2. The van der Waals surface area contributed by atoms with Crippen LogP contribution in [0.2, 0.25) is 0 Å². The average Bonchev–Trinajstić information content (AvgIpc) is 2.72. The molecule has 0 heterocycles. The van der Waals surface area contributed by atoms with E-state index in [1.54, 1.807) is 24.3 Å². The number of nitrogens with zero attached hydrogens (tertiary/aromatic N) is 1. The Morgan fingerprint density at radius 3 is 2.34 bits per heavy atom. The van der Waals surface area contributed by atoms with Gasteiger partial charge in [-0.2, -0.15) is 0 Å². The Labute approximate surface area is 171 Å². The first-order chi connectivity index (χ1) is 13.9. The molecule has 0 saturated carbocycles. The van der Waals surface area contributed by atoms with Crippen molar-refractivity contribution in [1.82, 2.24) is 16.2 Å². The maximum Gasteiger partial charge on any atom is 0.282 e. The number of nitro benzene ring substituents is 1. The lowest BCUT2D eigenvalue weighted by Gasteiger charge is -2.13. The number of thiocarbonyl (C=S) groups is 1. The van der Waals surface area contributed by atoms with E-state index in [1.807, 2.05) is 0 Å². The van der Waals surface area contributed by atoms with Crippen molar-refractivity contribution in [1.29, 1.82) is 0 Å². The number of nitrogens with one attached hydrogen (secondary N) is 3. The fourth-order valence-electron chi connectivity index (χ4n) is 2.22. The van der Waals surface area contributed by atoms with Gasteiger partial charge in [-0.3, -0.25) is 35.9 Å². The molecular formula is C18H18N4O6S. The summed E-state index contributed by atoms with van der Waals surface area (Å²) in [6.45, 7) is 0.614. The van der Waals surface area contributed by atoms with Gasteiger partial charge in [0, 0.05) is 13.2 Å². The van der Waals surface area contributed by atoms with Crippen LogP contribution in [0, 0.1) is 10.1 Å². The van der Waals surface area contributed by atoms with E-state index >= 15 is 0 Å². The molecular weight excluding hydrogens is 400 g/mol.